The van der Waals surface area contributed by atoms with Crippen LogP contribution >= 0.6 is 34.8 Å². The van der Waals surface area contributed by atoms with E-state index in [4.69, 9.17) is 44.3 Å². The summed E-state index contributed by atoms with van der Waals surface area (Å²) in [7, 11) is 0. The van der Waals surface area contributed by atoms with E-state index in [9.17, 15) is 4.79 Å². The van der Waals surface area contributed by atoms with Gasteiger partial charge in [0.25, 0.3) is 5.91 Å². The first kappa shape index (κ1) is 22.0. The lowest BCUT2D eigenvalue weighted by Gasteiger charge is -2.10. The molecule has 3 aromatic carbocycles. The Bertz CT molecular complexity index is 1060. The number of benzene rings is 3. The number of amides is 1. The van der Waals surface area contributed by atoms with Crippen LogP contribution in [0, 0.1) is 0 Å². The molecule has 3 aromatic rings. The van der Waals surface area contributed by atoms with Crippen molar-refractivity contribution in [1.82, 2.24) is 5.43 Å². The van der Waals surface area contributed by atoms with Crippen molar-refractivity contribution in [2.75, 3.05) is 6.61 Å². The van der Waals surface area contributed by atoms with Crippen molar-refractivity contribution in [3.8, 4) is 11.5 Å². The Morgan fingerprint density at radius 1 is 0.867 bits per heavy atom. The summed E-state index contributed by atoms with van der Waals surface area (Å²) in [6, 6.07) is 19.5. The van der Waals surface area contributed by atoms with E-state index < -0.39 is 5.91 Å². The van der Waals surface area contributed by atoms with Gasteiger partial charge < -0.3 is 9.47 Å². The van der Waals surface area contributed by atoms with Crippen LogP contribution in [0.5, 0.6) is 11.5 Å². The second-order valence-corrected chi connectivity index (χ2v) is 7.31. The van der Waals surface area contributed by atoms with E-state index in [1.54, 1.807) is 42.5 Å². The van der Waals surface area contributed by atoms with Crippen molar-refractivity contribution in [2.24, 2.45) is 5.10 Å². The summed E-state index contributed by atoms with van der Waals surface area (Å²) >= 11 is 17.9. The number of carbonyl (C=O) groups is 1. The average molecular weight is 464 g/mol. The summed E-state index contributed by atoms with van der Waals surface area (Å²) < 4.78 is 11.2. The van der Waals surface area contributed by atoms with Crippen LogP contribution in [0.25, 0.3) is 0 Å². The molecule has 8 heteroatoms. The molecule has 0 saturated heterocycles. The first-order valence-electron chi connectivity index (χ1n) is 8.88. The van der Waals surface area contributed by atoms with E-state index in [-0.39, 0.29) is 6.61 Å². The smallest absolute Gasteiger partial charge is 0.277 e. The molecule has 0 atom stereocenters. The molecule has 5 nitrogen and oxygen atoms in total. The molecular formula is C22H17Cl3N2O3. The van der Waals surface area contributed by atoms with Crippen LogP contribution in [-0.4, -0.2) is 18.7 Å². The zero-order valence-electron chi connectivity index (χ0n) is 15.6. The van der Waals surface area contributed by atoms with Gasteiger partial charge in [-0.25, -0.2) is 5.43 Å². The number of rotatable bonds is 8. The first-order valence-corrected chi connectivity index (χ1v) is 10.0. The van der Waals surface area contributed by atoms with Gasteiger partial charge in [-0.15, -0.1) is 0 Å². The molecular weight excluding hydrogens is 447 g/mol. The van der Waals surface area contributed by atoms with Gasteiger partial charge in [0.15, 0.2) is 6.61 Å². The Morgan fingerprint density at radius 2 is 1.60 bits per heavy atom. The van der Waals surface area contributed by atoms with Crippen molar-refractivity contribution in [1.29, 1.82) is 0 Å². The zero-order valence-corrected chi connectivity index (χ0v) is 17.9. The van der Waals surface area contributed by atoms with E-state index in [1.807, 2.05) is 24.3 Å². The average Bonchev–Trinajstić information content (AvgIpc) is 2.75. The Hall–Kier alpha value is -2.73. The molecule has 0 saturated carbocycles. The molecule has 0 aliphatic heterocycles. The van der Waals surface area contributed by atoms with E-state index in [1.165, 1.54) is 6.21 Å². The maximum absolute atomic E-state index is 11.9. The zero-order chi connectivity index (χ0) is 21.3. The molecule has 154 valence electrons. The molecule has 0 aliphatic rings. The van der Waals surface area contributed by atoms with Crippen LogP contribution in [0.3, 0.4) is 0 Å². The highest BCUT2D eigenvalue weighted by Crippen LogP contribution is 2.24. The molecule has 0 aromatic heterocycles. The standard InChI is InChI=1S/C22H17Cl3N2O3/c23-17-10-9-15(11-19(17)25)13-29-20-7-3-1-5-16(20)12-26-27-22(28)14-30-21-8-4-2-6-18(21)24/h1-12H,13-14H2,(H,27,28)/b26-12-. The number of hydrazone groups is 1. The van der Waals surface area contributed by atoms with Gasteiger partial charge in [0.05, 0.1) is 21.3 Å². The van der Waals surface area contributed by atoms with E-state index in [0.717, 1.165) is 5.56 Å². The summed E-state index contributed by atoms with van der Waals surface area (Å²) in [5.41, 5.74) is 3.99. The summed E-state index contributed by atoms with van der Waals surface area (Å²) in [4.78, 5) is 11.9. The minimum absolute atomic E-state index is 0.212. The third-order valence-corrected chi connectivity index (χ3v) is 4.94. The molecule has 1 N–H and O–H groups in total. The van der Waals surface area contributed by atoms with Gasteiger partial charge in [0.1, 0.15) is 18.1 Å². The summed E-state index contributed by atoms with van der Waals surface area (Å²) in [5, 5.41) is 5.35. The van der Waals surface area contributed by atoms with Gasteiger partial charge in [-0.2, -0.15) is 5.10 Å². The molecule has 0 aliphatic carbocycles. The number of para-hydroxylation sites is 2. The largest absolute Gasteiger partial charge is 0.488 e. The fourth-order valence-corrected chi connectivity index (χ4v) is 2.93. The number of hydrogen-bond donors (Lipinski definition) is 1. The summed E-state index contributed by atoms with van der Waals surface area (Å²) in [5.74, 6) is 0.619. The topological polar surface area (TPSA) is 59.9 Å². The highest BCUT2D eigenvalue weighted by atomic mass is 35.5. The second-order valence-electron chi connectivity index (χ2n) is 6.09. The van der Waals surface area contributed by atoms with Gasteiger partial charge in [0, 0.05) is 5.56 Å². The summed E-state index contributed by atoms with van der Waals surface area (Å²) in [6.07, 6.45) is 1.50. The highest BCUT2D eigenvalue weighted by molar-refractivity contribution is 6.42. The number of halogens is 3. The van der Waals surface area contributed by atoms with Gasteiger partial charge >= 0.3 is 0 Å². The van der Waals surface area contributed by atoms with Crippen molar-refractivity contribution in [3.05, 3.63) is 92.9 Å². The fraction of sp³-hybridized carbons (Fsp3) is 0.0909. The van der Waals surface area contributed by atoms with Crippen LogP contribution in [0.2, 0.25) is 15.1 Å². The maximum atomic E-state index is 11.9. The maximum Gasteiger partial charge on any atom is 0.277 e. The molecule has 3 rings (SSSR count). The van der Waals surface area contributed by atoms with E-state index in [0.29, 0.717) is 38.7 Å². The SMILES string of the molecule is O=C(COc1ccccc1Cl)N/N=C\c1ccccc1OCc1ccc(Cl)c(Cl)c1. The lowest BCUT2D eigenvalue weighted by molar-refractivity contribution is -0.123. The van der Waals surface area contributed by atoms with E-state index in [2.05, 4.69) is 10.5 Å². The first-order chi connectivity index (χ1) is 14.5. The Balaban J connectivity index is 1.54. The van der Waals surface area contributed by atoms with Crippen LogP contribution in [0.4, 0.5) is 0 Å². The number of nitrogens with one attached hydrogen (secondary N) is 1. The van der Waals surface area contributed by atoms with E-state index >= 15 is 0 Å². The van der Waals surface area contributed by atoms with Gasteiger partial charge in [-0.3, -0.25) is 4.79 Å². The Morgan fingerprint density at radius 3 is 2.37 bits per heavy atom. The predicted octanol–water partition coefficient (Wildman–Crippen LogP) is 5.75. The molecule has 0 heterocycles. The lowest BCUT2D eigenvalue weighted by atomic mass is 10.2. The minimum Gasteiger partial charge on any atom is -0.488 e. The molecule has 0 unspecified atom stereocenters. The lowest BCUT2D eigenvalue weighted by Crippen LogP contribution is -2.24. The van der Waals surface area contributed by atoms with Gasteiger partial charge in [0.2, 0.25) is 0 Å². The Labute approximate surface area is 189 Å². The third kappa shape index (κ3) is 6.39. The highest BCUT2D eigenvalue weighted by Gasteiger charge is 2.06. The second kappa shape index (κ2) is 10.9. The van der Waals surface area contributed by atoms with Crippen LogP contribution in [0.1, 0.15) is 11.1 Å². The number of ether oxygens (including phenoxy) is 2. The number of hydrogen-bond acceptors (Lipinski definition) is 4. The van der Waals surface area contributed by atoms with Gasteiger partial charge in [-0.05, 0) is 42.0 Å². The third-order valence-electron chi connectivity index (χ3n) is 3.89. The molecule has 0 fully saturated rings. The Kier molecular flexibility index (Phi) is 7.97. The van der Waals surface area contributed by atoms with Crippen LogP contribution in [0.15, 0.2) is 71.8 Å². The monoisotopic (exact) mass is 462 g/mol. The molecule has 0 radical (unpaired) electrons. The fourth-order valence-electron chi connectivity index (χ4n) is 2.42. The van der Waals surface area contributed by atoms with Crippen LogP contribution in [-0.2, 0) is 11.4 Å². The quantitative estimate of drug-likeness (QED) is 0.341. The van der Waals surface area contributed by atoms with Crippen molar-refractivity contribution < 1.29 is 14.3 Å². The number of carbonyl (C=O) groups excluding carboxylic acids is 1. The van der Waals surface area contributed by atoms with Crippen LogP contribution < -0.4 is 14.9 Å². The normalized spacial score (nSPS) is 10.8. The minimum atomic E-state index is -0.416. The van der Waals surface area contributed by atoms with Gasteiger partial charge in [-0.1, -0.05) is 65.1 Å². The molecule has 30 heavy (non-hydrogen) atoms. The van der Waals surface area contributed by atoms with Crippen molar-refractivity contribution in [2.45, 2.75) is 6.61 Å². The predicted molar refractivity (Wildman–Crippen MR) is 120 cm³/mol. The number of nitrogens with zero attached hydrogens (tertiary/aromatic N) is 1. The van der Waals surface area contributed by atoms with Crippen molar-refractivity contribution >= 4 is 46.9 Å². The molecule has 0 spiro atoms. The molecule has 0 bridgehead atoms. The molecule has 1 amide bonds. The summed E-state index contributed by atoms with van der Waals surface area (Å²) in [6.45, 7) is 0.0936. The van der Waals surface area contributed by atoms with Crippen molar-refractivity contribution in [3.63, 3.8) is 0 Å².